The number of amides is 2. The predicted molar refractivity (Wildman–Crippen MR) is 116 cm³/mol. The van der Waals surface area contributed by atoms with Crippen LogP contribution in [0.3, 0.4) is 0 Å². The van der Waals surface area contributed by atoms with E-state index in [2.05, 4.69) is 20.8 Å². The summed E-state index contributed by atoms with van der Waals surface area (Å²) in [6.07, 6.45) is 1.23. The quantitative estimate of drug-likeness (QED) is 0.434. The fourth-order valence-electron chi connectivity index (χ4n) is 3.55. The Bertz CT molecular complexity index is 1330. The van der Waals surface area contributed by atoms with E-state index >= 15 is 0 Å². The number of benzene rings is 2. The van der Waals surface area contributed by atoms with Crippen LogP contribution in [0.4, 0.5) is 8.78 Å². The third-order valence-corrected chi connectivity index (χ3v) is 5.16. The fraction of sp³-hybridized carbons (Fsp3) is 0.217. The van der Waals surface area contributed by atoms with Gasteiger partial charge in [0.05, 0.1) is 22.8 Å². The number of hydrogen-bond donors (Lipinski definition) is 2. The van der Waals surface area contributed by atoms with Gasteiger partial charge in [0.25, 0.3) is 5.91 Å². The summed E-state index contributed by atoms with van der Waals surface area (Å²) in [4.78, 5) is 32.9. The van der Waals surface area contributed by atoms with Gasteiger partial charge in [0.15, 0.2) is 11.7 Å². The van der Waals surface area contributed by atoms with Crippen LogP contribution in [0.25, 0.3) is 22.4 Å². The van der Waals surface area contributed by atoms with E-state index < -0.39 is 23.4 Å². The highest BCUT2D eigenvalue weighted by Gasteiger charge is 2.17. The normalized spacial score (nSPS) is 11.0. The Morgan fingerprint density at radius 1 is 1.12 bits per heavy atom. The Labute approximate surface area is 187 Å². The number of fused-ring (bicyclic) bond motifs is 1. The first-order valence-electron chi connectivity index (χ1n) is 10.3. The van der Waals surface area contributed by atoms with Gasteiger partial charge < -0.3 is 8.98 Å². The van der Waals surface area contributed by atoms with Crippen molar-refractivity contribution in [2.45, 2.75) is 33.2 Å². The molecule has 33 heavy (non-hydrogen) atoms. The second-order valence-electron chi connectivity index (χ2n) is 7.32. The van der Waals surface area contributed by atoms with Crippen molar-refractivity contribution in [2.75, 3.05) is 0 Å². The molecule has 0 aliphatic heterocycles. The molecule has 0 unspecified atom stereocenters. The third-order valence-electron chi connectivity index (χ3n) is 5.16. The van der Waals surface area contributed by atoms with E-state index in [1.54, 1.807) is 12.1 Å². The Balaban J connectivity index is 1.32. The molecule has 2 aromatic heterocycles. The number of carbonyl (C=O) groups excluding carboxylic acids is 2. The molecule has 4 aromatic rings. The lowest BCUT2D eigenvalue weighted by molar-refractivity contribution is -0.121. The Kier molecular flexibility index (Phi) is 6.16. The molecule has 170 valence electrons. The zero-order chi connectivity index (χ0) is 23.5. The maximum absolute atomic E-state index is 13.9. The summed E-state index contributed by atoms with van der Waals surface area (Å²) in [5.74, 6) is -1.58. The number of halogens is 2. The average molecular weight is 453 g/mol. The van der Waals surface area contributed by atoms with Gasteiger partial charge in [-0.25, -0.2) is 18.7 Å². The zero-order valence-corrected chi connectivity index (χ0v) is 18.0. The van der Waals surface area contributed by atoms with E-state index in [4.69, 9.17) is 4.42 Å². The average Bonchev–Trinajstić information content (AvgIpc) is 3.38. The van der Waals surface area contributed by atoms with E-state index in [-0.39, 0.29) is 30.1 Å². The minimum absolute atomic E-state index is 0.0564. The number of hydrogen-bond acceptors (Lipinski definition) is 5. The van der Waals surface area contributed by atoms with Crippen molar-refractivity contribution in [1.82, 2.24) is 25.4 Å². The number of imidazole rings is 1. The summed E-state index contributed by atoms with van der Waals surface area (Å²) >= 11 is 0. The number of rotatable bonds is 6. The van der Waals surface area contributed by atoms with Crippen LogP contribution in [-0.4, -0.2) is 26.3 Å². The molecule has 0 bridgehead atoms. The van der Waals surface area contributed by atoms with Crippen molar-refractivity contribution in [3.63, 3.8) is 0 Å². The van der Waals surface area contributed by atoms with E-state index in [0.717, 1.165) is 30.0 Å². The molecule has 0 radical (unpaired) electrons. The van der Waals surface area contributed by atoms with Gasteiger partial charge in [-0.2, -0.15) is 0 Å². The largest absolute Gasteiger partial charge is 0.441 e. The molecule has 0 aliphatic carbocycles. The van der Waals surface area contributed by atoms with Crippen molar-refractivity contribution in [3.8, 4) is 11.3 Å². The van der Waals surface area contributed by atoms with Crippen molar-refractivity contribution < 1.29 is 22.8 Å². The summed E-state index contributed by atoms with van der Waals surface area (Å²) in [7, 11) is 0. The van der Waals surface area contributed by atoms with Crippen LogP contribution in [0.2, 0.25) is 0 Å². The van der Waals surface area contributed by atoms with E-state index in [0.29, 0.717) is 11.1 Å². The van der Waals surface area contributed by atoms with Gasteiger partial charge in [-0.15, -0.1) is 0 Å². The second kappa shape index (κ2) is 9.19. The summed E-state index contributed by atoms with van der Waals surface area (Å²) < 4.78 is 35.1. The summed E-state index contributed by atoms with van der Waals surface area (Å²) in [6.45, 7) is 4.68. The summed E-state index contributed by atoms with van der Waals surface area (Å²) in [6, 6.07) is 8.62. The lowest BCUT2D eigenvalue weighted by Gasteiger charge is -2.07. The molecule has 2 aromatic carbocycles. The van der Waals surface area contributed by atoms with Gasteiger partial charge in [0.2, 0.25) is 5.91 Å². The smallest absolute Gasteiger partial charge is 0.269 e. The maximum atomic E-state index is 13.9. The molecular formula is C23H21F2N5O3. The number of nitrogens with zero attached hydrogens (tertiary/aromatic N) is 3. The van der Waals surface area contributed by atoms with Gasteiger partial charge in [0, 0.05) is 24.9 Å². The zero-order valence-electron chi connectivity index (χ0n) is 18.0. The van der Waals surface area contributed by atoms with Crippen LogP contribution in [0.15, 0.2) is 47.0 Å². The molecule has 2 amide bonds. The number of carbonyl (C=O) groups is 2. The molecule has 0 atom stereocenters. The first kappa shape index (κ1) is 22.1. The van der Waals surface area contributed by atoms with Crippen molar-refractivity contribution in [1.29, 1.82) is 0 Å². The van der Waals surface area contributed by atoms with Crippen LogP contribution in [0.1, 0.15) is 35.4 Å². The lowest BCUT2D eigenvalue weighted by Crippen LogP contribution is -2.41. The van der Waals surface area contributed by atoms with Gasteiger partial charge in [-0.3, -0.25) is 20.4 Å². The van der Waals surface area contributed by atoms with Crippen molar-refractivity contribution in [2.24, 2.45) is 0 Å². The highest BCUT2D eigenvalue weighted by Crippen LogP contribution is 2.26. The van der Waals surface area contributed by atoms with Crippen LogP contribution in [0.5, 0.6) is 0 Å². The first-order valence-corrected chi connectivity index (χ1v) is 10.3. The minimum Gasteiger partial charge on any atom is -0.441 e. The van der Waals surface area contributed by atoms with Crippen LogP contribution < -0.4 is 10.9 Å². The van der Waals surface area contributed by atoms with Crippen LogP contribution in [0, 0.1) is 18.6 Å². The van der Waals surface area contributed by atoms with Crippen molar-refractivity contribution in [3.05, 3.63) is 71.5 Å². The van der Waals surface area contributed by atoms with Crippen LogP contribution in [-0.2, 0) is 17.8 Å². The number of aromatic nitrogens is 3. The van der Waals surface area contributed by atoms with E-state index in [9.17, 15) is 18.4 Å². The molecule has 2 heterocycles. The molecule has 0 spiro atoms. The molecule has 0 aliphatic rings. The Hall–Kier alpha value is -4.08. The topological polar surface area (TPSA) is 102 Å². The van der Waals surface area contributed by atoms with E-state index in [1.807, 2.05) is 24.5 Å². The SMILES string of the molecule is CCn1c(C)nc2cc(C(=O)NNC(=O)CCc3ncc(-c4c(F)cccc4F)o3)ccc21. The molecular weight excluding hydrogens is 432 g/mol. The molecule has 4 rings (SSSR count). The molecule has 0 fully saturated rings. The Morgan fingerprint density at radius 2 is 1.88 bits per heavy atom. The number of hydrazine groups is 1. The molecule has 0 saturated carbocycles. The molecule has 2 N–H and O–H groups in total. The second-order valence-corrected chi connectivity index (χ2v) is 7.32. The Morgan fingerprint density at radius 3 is 2.61 bits per heavy atom. The minimum atomic E-state index is -0.770. The summed E-state index contributed by atoms with van der Waals surface area (Å²) in [5, 5.41) is 0. The highest BCUT2D eigenvalue weighted by atomic mass is 19.1. The fourth-order valence-corrected chi connectivity index (χ4v) is 3.55. The van der Waals surface area contributed by atoms with E-state index in [1.165, 1.54) is 12.3 Å². The summed E-state index contributed by atoms with van der Waals surface area (Å²) in [5.41, 5.74) is 6.35. The van der Waals surface area contributed by atoms with Gasteiger partial charge in [0.1, 0.15) is 17.5 Å². The maximum Gasteiger partial charge on any atom is 0.269 e. The third kappa shape index (κ3) is 4.59. The number of oxazole rings is 1. The van der Waals surface area contributed by atoms with Crippen molar-refractivity contribution >= 4 is 22.8 Å². The van der Waals surface area contributed by atoms with Gasteiger partial charge in [-0.1, -0.05) is 6.07 Å². The lowest BCUT2D eigenvalue weighted by atomic mass is 10.1. The van der Waals surface area contributed by atoms with Gasteiger partial charge >= 0.3 is 0 Å². The molecule has 10 heteroatoms. The highest BCUT2D eigenvalue weighted by molar-refractivity contribution is 5.98. The van der Waals surface area contributed by atoms with Crippen LogP contribution >= 0.6 is 0 Å². The molecule has 0 saturated heterocycles. The number of aryl methyl sites for hydroxylation is 3. The standard InChI is InChI=1S/C23H21F2N5O3/c1-3-30-13(2)27-17-11-14(7-8-18(17)30)23(32)29-28-20(31)9-10-21-26-12-19(33-21)22-15(24)5-4-6-16(22)25/h4-8,11-12H,3,9-10H2,1-2H3,(H,28,31)(H,29,32). The monoisotopic (exact) mass is 453 g/mol. The molecule has 8 nitrogen and oxygen atoms in total. The predicted octanol–water partition coefficient (Wildman–Crippen LogP) is 3.69. The van der Waals surface area contributed by atoms with Gasteiger partial charge in [-0.05, 0) is 44.2 Å². The number of nitrogens with one attached hydrogen (secondary N) is 2. The first-order chi connectivity index (χ1) is 15.9.